The van der Waals surface area contributed by atoms with Crippen LogP contribution in [0.1, 0.15) is 42.5 Å². The second-order valence-electron chi connectivity index (χ2n) is 7.70. The SMILES string of the molecule is CC12c3ccccc3[C@@]3(C)C4[C@@](CC#N)(c5ccccc51)[N+]423. The fourth-order valence-electron chi connectivity index (χ4n) is 7.22. The van der Waals surface area contributed by atoms with Crippen LogP contribution in [0.25, 0.3) is 0 Å². The van der Waals surface area contributed by atoms with Gasteiger partial charge in [0.25, 0.3) is 0 Å². The molecule has 4 heterocycles. The van der Waals surface area contributed by atoms with Gasteiger partial charge in [0.05, 0.1) is 6.07 Å². The Bertz CT molecular complexity index is 941. The zero-order chi connectivity index (χ0) is 15.0. The molecule has 5 atom stereocenters. The highest BCUT2D eigenvalue weighted by molar-refractivity contribution is 5.66. The van der Waals surface area contributed by atoms with E-state index in [1.54, 1.807) is 0 Å². The van der Waals surface area contributed by atoms with Gasteiger partial charge in [-0.1, -0.05) is 48.5 Å². The molecule has 0 aliphatic carbocycles. The number of benzene rings is 2. The van der Waals surface area contributed by atoms with E-state index < -0.39 is 0 Å². The normalized spacial score (nSPS) is 47.0. The molecule has 4 aliphatic heterocycles. The van der Waals surface area contributed by atoms with Crippen LogP contribution in [0.3, 0.4) is 0 Å². The average Bonchev–Trinajstić information content (AvgIpc) is 3.35. The van der Waals surface area contributed by atoms with Crippen molar-refractivity contribution in [3.05, 3.63) is 70.8 Å². The lowest BCUT2D eigenvalue weighted by Crippen LogP contribution is -2.43. The van der Waals surface area contributed by atoms with Crippen molar-refractivity contribution in [3.63, 3.8) is 0 Å². The summed E-state index contributed by atoms with van der Waals surface area (Å²) in [4.78, 5) is 0. The predicted molar refractivity (Wildman–Crippen MR) is 82.6 cm³/mol. The van der Waals surface area contributed by atoms with E-state index in [9.17, 15) is 5.26 Å². The Morgan fingerprint density at radius 2 is 1.50 bits per heavy atom. The Hall–Kier alpha value is -2.11. The van der Waals surface area contributed by atoms with Gasteiger partial charge in [0, 0.05) is 29.2 Å². The summed E-state index contributed by atoms with van der Waals surface area (Å²) in [6.45, 7) is 4.84. The van der Waals surface area contributed by atoms with E-state index in [1.165, 1.54) is 22.3 Å². The smallest absolute Gasteiger partial charge is 0.212 e. The maximum absolute atomic E-state index is 9.50. The first-order chi connectivity index (χ1) is 10.6. The van der Waals surface area contributed by atoms with E-state index in [0.717, 1.165) is 4.48 Å². The number of hydrogen-bond donors (Lipinski definition) is 0. The van der Waals surface area contributed by atoms with E-state index in [4.69, 9.17) is 0 Å². The van der Waals surface area contributed by atoms with E-state index in [-0.39, 0.29) is 16.6 Å². The summed E-state index contributed by atoms with van der Waals surface area (Å²) in [6.07, 6.45) is 0.647. The average molecular weight is 285 g/mol. The molecular weight excluding hydrogens is 268 g/mol. The second kappa shape index (κ2) is 2.75. The highest BCUT2D eigenvalue weighted by Gasteiger charge is 3.15. The zero-order valence-corrected chi connectivity index (χ0v) is 12.8. The number of rotatable bonds is 1. The fourth-order valence-corrected chi connectivity index (χ4v) is 7.22. The molecule has 2 aromatic rings. The van der Waals surface area contributed by atoms with Gasteiger partial charge in [0.1, 0.15) is 6.42 Å². The Kier molecular flexibility index (Phi) is 1.43. The van der Waals surface area contributed by atoms with Gasteiger partial charge in [0.15, 0.2) is 16.6 Å². The van der Waals surface area contributed by atoms with Crippen molar-refractivity contribution in [1.82, 2.24) is 0 Å². The molecule has 0 amide bonds. The number of fused-ring (bicyclic) bond motifs is 8. The highest BCUT2D eigenvalue weighted by atomic mass is 15.8. The van der Waals surface area contributed by atoms with Crippen LogP contribution in [0.2, 0.25) is 0 Å². The van der Waals surface area contributed by atoms with Gasteiger partial charge in [-0.2, -0.15) is 5.26 Å². The summed E-state index contributed by atoms with van der Waals surface area (Å²) in [5.74, 6) is 0. The Labute approximate surface area is 130 Å². The Balaban J connectivity index is 1.78. The molecule has 0 bridgehead atoms. The quantitative estimate of drug-likeness (QED) is 0.581. The lowest BCUT2D eigenvalue weighted by atomic mass is 9.73. The molecule has 6 rings (SSSR count). The van der Waals surface area contributed by atoms with Crippen LogP contribution in [0.4, 0.5) is 0 Å². The standard InChI is InChI=1S/C20H17N2/c1-18-13-7-3-4-8-14(13)19(2)17-20(11-12-21,22(17,18)19)16-10-6-5-9-15(16)18/h3-10,17H,11H2,1-2H3/q+1/t17?,18?,19-,20+,22?/m0/s1. The molecule has 2 nitrogen and oxygen atoms in total. The molecule has 2 aromatic carbocycles. The lowest BCUT2D eigenvalue weighted by molar-refractivity contribution is -0.832. The van der Waals surface area contributed by atoms with E-state index >= 15 is 0 Å². The summed E-state index contributed by atoms with van der Waals surface area (Å²) in [6, 6.07) is 21.0. The third-order valence-corrected chi connectivity index (χ3v) is 7.57. The molecule has 0 saturated carbocycles. The van der Waals surface area contributed by atoms with Gasteiger partial charge in [-0.15, -0.1) is 0 Å². The highest BCUT2D eigenvalue weighted by Crippen LogP contribution is 2.97. The topological polar surface area (TPSA) is 23.8 Å². The molecule has 3 unspecified atom stereocenters. The molecule has 2 heteroatoms. The molecule has 1 spiro atoms. The number of hydrogen-bond acceptors (Lipinski definition) is 1. The fraction of sp³-hybridized carbons (Fsp3) is 0.350. The maximum Gasteiger partial charge on any atom is 0.212 e. The number of nitrogens with zero attached hydrogens (tertiary/aromatic N) is 2. The maximum atomic E-state index is 9.50. The number of nitriles is 1. The van der Waals surface area contributed by atoms with E-state index in [0.29, 0.717) is 12.5 Å². The molecule has 2 fully saturated rings. The first kappa shape index (κ1) is 11.5. The van der Waals surface area contributed by atoms with Crippen molar-refractivity contribution >= 4 is 0 Å². The third kappa shape index (κ3) is 0.646. The van der Waals surface area contributed by atoms with Crippen molar-refractivity contribution in [3.8, 4) is 6.07 Å². The van der Waals surface area contributed by atoms with Crippen molar-refractivity contribution < 1.29 is 4.48 Å². The van der Waals surface area contributed by atoms with E-state index in [1.807, 2.05) is 0 Å². The summed E-state index contributed by atoms with van der Waals surface area (Å²) in [5, 5.41) is 9.50. The van der Waals surface area contributed by atoms with Crippen molar-refractivity contribution in [2.75, 3.05) is 0 Å². The van der Waals surface area contributed by atoms with Gasteiger partial charge in [0.2, 0.25) is 6.04 Å². The van der Waals surface area contributed by atoms with Crippen LogP contribution in [-0.2, 0) is 16.6 Å². The van der Waals surface area contributed by atoms with Gasteiger partial charge in [-0.25, -0.2) is 0 Å². The zero-order valence-electron chi connectivity index (χ0n) is 12.8. The summed E-state index contributed by atoms with van der Waals surface area (Å²) >= 11 is 0. The second-order valence-corrected chi connectivity index (χ2v) is 7.70. The molecule has 2 saturated heterocycles. The van der Waals surface area contributed by atoms with Crippen LogP contribution in [0.15, 0.2) is 48.5 Å². The first-order valence-electron chi connectivity index (χ1n) is 8.09. The van der Waals surface area contributed by atoms with Crippen molar-refractivity contribution in [1.29, 1.82) is 5.26 Å². The minimum atomic E-state index is 0.0312. The van der Waals surface area contributed by atoms with Gasteiger partial charge < -0.3 is 0 Å². The van der Waals surface area contributed by atoms with Crippen molar-refractivity contribution in [2.45, 2.75) is 42.9 Å². The van der Waals surface area contributed by atoms with Crippen molar-refractivity contribution in [2.24, 2.45) is 0 Å². The predicted octanol–water partition coefficient (Wildman–Crippen LogP) is 3.51. The minimum absolute atomic E-state index is 0.0312. The minimum Gasteiger partial charge on any atom is -0.270 e. The number of quaternary nitrogens is 1. The molecular formula is C20H17N2+. The largest absolute Gasteiger partial charge is 0.270 e. The van der Waals surface area contributed by atoms with E-state index in [2.05, 4.69) is 68.4 Å². The van der Waals surface area contributed by atoms with Crippen LogP contribution in [0, 0.1) is 11.3 Å². The monoisotopic (exact) mass is 285 g/mol. The third-order valence-electron chi connectivity index (χ3n) is 7.57. The molecule has 4 aliphatic rings. The summed E-state index contributed by atoms with van der Waals surface area (Å²) < 4.78 is 1.10. The molecule has 22 heavy (non-hydrogen) atoms. The van der Waals surface area contributed by atoms with Gasteiger partial charge >= 0.3 is 0 Å². The molecule has 0 radical (unpaired) electrons. The summed E-state index contributed by atoms with van der Waals surface area (Å²) in [5.41, 5.74) is 6.22. The van der Waals surface area contributed by atoms with Crippen LogP contribution in [-0.4, -0.2) is 10.5 Å². The first-order valence-corrected chi connectivity index (χ1v) is 8.09. The van der Waals surface area contributed by atoms with Gasteiger partial charge in [-0.05, 0) is 6.92 Å². The molecule has 0 N–H and O–H groups in total. The molecule has 0 aromatic heterocycles. The Morgan fingerprint density at radius 3 is 2.14 bits per heavy atom. The summed E-state index contributed by atoms with van der Waals surface area (Å²) in [7, 11) is 0. The lowest BCUT2D eigenvalue weighted by Gasteiger charge is -2.29. The van der Waals surface area contributed by atoms with Gasteiger partial charge in [-0.3, -0.25) is 4.48 Å². The van der Waals surface area contributed by atoms with Crippen LogP contribution < -0.4 is 0 Å². The molecule has 106 valence electrons. The Morgan fingerprint density at radius 1 is 0.955 bits per heavy atom. The van der Waals surface area contributed by atoms with Crippen LogP contribution >= 0.6 is 0 Å². The van der Waals surface area contributed by atoms with Crippen LogP contribution in [0.5, 0.6) is 0 Å².